The SMILES string of the molecule is COC(=O)N1CCN(C(=O)CN2C(=O)c3ccc([N+](=O)[O-])cc3C2=O)CC1. The average molecular weight is 376 g/mol. The number of carbonyl (C=O) groups is 4. The summed E-state index contributed by atoms with van der Waals surface area (Å²) in [7, 11) is 1.27. The Morgan fingerprint density at radius 1 is 1.07 bits per heavy atom. The van der Waals surface area contributed by atoms with Crippen molar-refractivity contribution >= 4 is 29.5 Å². The van der Waals surface area contributed by atoms with Crippen LogP contribution in [-0.2, 0) is 9.53 Å². The molecule has 2 aliphatic heterocycles. The second-order valence-electron chi connectivity index (χ2n) is 6.02. The number of nitro groups is 1. The molecule has 0 radical (unpaired) electrons. The minimum absolute atomic E-state index is 0.0360. The monoisotopic (exact) mass is 376 g/mol. The molecule has 0 aromatic heterocycles. The van der Waals surface area contributed by atoms with E-state index in [-0.39, 0.29) is 43.0 Å². The second kappa shape index (κ2) is 7.02. The first kappa shape index (κ1) is 18.3. The van der Waals surface area contributed by atoms with Gasteiger partial charge in [-0.1, -0.05) is 0 Å². The molecule has 3 rings (SSSR count). The lowest BCUT2D eigenvalue weighted by Gasteiger charge is -2.34. The van der Waals surface area contributed by atoms with Crippen LogP contribution in [0.3, 0.4) is 0 Å². The van der Waals surface area contributed by atoms with Gasteiger partial charge in [-0.15, -0.1) is 0 Å². The second-order valence-corrected chi connectivity index (χ2v) is 6.02. The van der Waals surface area contributed by atoms with E-state index in [0.717, 1.165) is 17.0 Å². The van der Waals surface area contributed by atoms with Crippen molar-refractivity contribution in [3.8, 4) is 0 Å². The van der Waals surface area contributed by atoms with Crippen LogP contribution in [0.25, 0.3) is 0 Å². The lowest BCUT2D eigenvalue weighted by Crippen LogP contribution is -2.53. The highest BCUT2D eigenvalue weighted by Gasteiger charge is 2.39. The standard InChI is InChI=1S/C16H16N4O7/c1-27-16(24)18-6-4-17(5-7-18)13(21)9-19-14(22)11-3-2-10(20(25)26)8-12(11)15(19)23/h2-3,8H,4-7,9H2,1H3. The summed E-state index contributed by atoms with van der Waals surface area (Å²) in [5, 5.41) is 10.8. The summed E-state index contributed by atoms with van der Waals surface area (Å²) in [6.07, 6.45) is -0.482. The Hall–Kier alpha value is -3.50. The van der Waals surface area contributed by atoms with Gasteiger partial charge in [-0.3, -0.25) is 29.4 Å². The highest BCUT2D eigenvalue weighted by atomic mass is 16.6. The van der Waals surface area contributed by atoms with Crippen molar-refractivity contribution < 1.29 is 28.8 Å². The van der Waals surface area contributed by atoms with Gasteiger partial charge in [-0.05, 0) is 6.07 Å². The molecule has 0 spiro atoms. The summed E-state index contributed by atoms with van der Waals surface area (Å²) in [6, 6.07) is 3.39. The summed E-state index contributed by atoms with van der Waals surface area (Å²) in [5.41, 5.74) is -0.353. The molecule has 0 bridgehead atoms. The number of fused-ring (bicyclic) bond motifs is 1. The maximum Gasteiger partial charge on any atom is 0.409 e. The van der Waals surface area contributed by atoms with Crippen LogP contribution in [0.4, 0.5) is 10.5 Å². The molecular formula is C16H16N4O7. The Balaban J connectivity index is 1.67. The lowest BCUT2D eigenvalue weighted by molar-refractivity contribution is -0.384. The number of imide groups is 1. The third-order valence-corrected chi connectivity index (χ3v) is 4.52. The van der Waals surface area contributed by atoms with E-state index >= 15 is 0 Å². The van der Waals surface area contributed by atoms with Crippen molar-refractivity contribution in [2.24, 2.45) is 0 Å². The number of hydrogen-bond acceptors (Lipinski definition) is 7. The van der Waals surface area contributed by atoms with Gasteiger partial charge in [-0.25, -0.2) is 4.79 Å². The first-order chi connectivity index (χ1) is 12.8. The van der Waals surface area contributed by atoms with Crippen LogP contribution >= 0.6 is 0 Å². The van der Waals surface area contributed by atoms with E-state index < -0.39 is 35.3 Å². The van der Waals surface area contributed by atoms with Crippen molar-refractivity contribution in [1.82, 2.24) is 14.7 Å². The minimum Gasteiger partial charge on any atom is -0.453 e. The number of amides is 4. The predicted molar refractivity (Wildman–Crippen MR) is 89.0 cm³/mol. The summed E-state index contributed by atoms with van der Waals surface area (Å²) >= 11 is 0. The largest absolute Gasteiger partial charge is 0.453 e. The van der Waals surface area contributed by atoms with E-state index in [0.29, 0.717) is 0 Å². The van der Waals surface area contributed by atoms with Gasteiger partial charge in [0.15, 0.2) is 0 Å². The molecule has 0 N–H and O–H groups in total. The highest BCUT2D eigenvalue weighted by molar-refractivity contribution is 6.22. The number of methoxy groups -OCH3 is 1. The number of nitrogens with zero attached hydrogens (tertiary/aromatic N) is 4. The van der Waals surface area contributed by atoms with Crippen LogP contribution in [0.15, 0.2) is 18.2 Å². The topological polar surface area (TPSA) is 130 Å². The number of ether oxygens (including phenoxy) is 1. The van der Waals surface area contributed by atoms with E-state index in [1.165, 1.54) is 23.0 Å². The number of benzene rings is 1. The Bertz CT molecular complexity index is 845. The van der Waals surface area contributed by atoms with E-state index in [1.54, 1.807) is 0 Å². The summed E-state index contributed by atoms with van der Waals surface area (Å²) in [5.74, 6) is -1.84. The molecule has 1 aromatic rings. The molecule has 1 saturated heterocycles. The van der Waals surface area contributed by atoms with Gasteiger partial charge in [0.25, 0.3) is 17.5 Å². The predicted octanol–water partition coefficient (Wildman–Crippen LogP) is 0.101. The molecule has 0 aliphatic carbocycles. The van der Waals surface area contributed by atoms with Crippen LogP contribution < -0.4 is 0 Å². The Kier molecular flexibility index (Phi) is 4.75. The molecule has 4 amide bonds. The first-order valence-electron chi connectivity index (χ1n) is 8.08. The Morgan fingerprint density at radius 3 is 2.26 bits per heavy atom. The number of rotatable bonds is 3. The van der Waals surface area contributed by atoms with Gasteiger partial charge in [0.2, 0.25) is 5.91 Å². The number of carbonyl (C=O) groups excluding carboxylic acids is 4. The average Bonchev–Trinajstić information content (AvgIpc) is 2.91. The Labute approximate surface area is 153 Å². The van der Waals surface area contributed by atoms with Gasteiger partial charge >= 0.3 is 6.09 Å². The van der Waals surface area contributed by atoms with Crippen LogP contribution in [-0.4, -0.2) is 83.3 Å². The third-order valence-electron chi connectivity index (χ3n) is 4.52. The van der Waals surface area contributed by atoms with E-state index in [4.69, 9.17) is 0 Å². The lowest BCUT2D eigenvalue weighted by atomic mass is 10.1. The molecule has 27 heavy (non-hydrogen) atoms. The molecule has 2 aliphatic rings. The van der Waals surface area contributed by atoms with Crippen molar-refractivity contribution in [1.29, 1.82) is 0 Å². The molecule has 1 aromatic carbocycles. The van der Waals surface area contributed by atoms with Crippen molar-refractivity contribution in [3.05, 3.63) is 39.4 Å². The van der Waals surface area contributed by atoms with Gasteiger partial charge < -0.3 is 14.5 Å². The van der Waals surface area contributed by atoms with Crippen LogP contribution in [0.2, 0.25) is 0 Å². The smallest absolute Gasteiger partial charge is 0.409 e. The van der Waals surface area contributed by atoms with E-state index in [2.05, 4.69) is 4.74 Å². The van der Waals surface area contributed by atoms with Gasteiger partial charge in [-0.2, -0.15) is 0 Å². The summed E-state index contributed by atoms with van der Waals surface area (Å²) in [4.78, 5) is 62.6. The van der Waals surface area contributed by atoms with Crippen molar-refractivity contribution in [3.63, 3.8) is 0 Å². The molecule has 0 unspecified atom stereocenters. The number of nitro benzene ring substituents is 1. The van der Waals surface area contributed by atoms with E-state index in [9.17, 15) is 29.3 Å². The molecule has 1 fully saturated rings. The maximum absolute atomic E-state index is 12.5. The highest BCUT2D eigenvalue weighted by Crippen LogP contribution is 2.26. The van der Waals surface area contributed by atoms with Gasteiger partial charge in [0.1, 0.15) is 6.54 Å². The van der Waals surface area contributed by atoms with Crippen molar-refractivity contribution in [2.75, 3.05) is 39.8 Å². The molecule has 2 heterocycles. The molecule has 11 heteroatoms. The molecule has 11 nitrogen and oxygen atoms in total. The number of non-ortho nitro benzene ring substituents is 1. The fourth-order valence-electron chi connectivity index (χ4n) is 3.04. The molecule has 142 valence electrons. The molecule has 0 saturated carbocycles. The van der Waals surface area contributed by atoms with E-state index in [1.807, 2.05) is 0 Å². The van der Waals surface area contributed by atoms with Gasteiger partial charge in [0, 0.05) is 38.3 Å². The zero-order chi connectivity index (χ0) is 19.7. The van der Waals surface area contributed by atoms with Crippen molar-refractivity contribution in [2.45, 2.75) is 0 Å². The summed E-state index contributed by atoms with van der Waals surface area (Å²) < 4.78 is 4.62. The fraction of sp³-hybridized carbons (Fsp3) is 0.375. The summed E-state index contributed by atoms with van der Waals surface area (Å²) in [6.45, 7) is 0.614. The molecule has 0 atom stereocenters. The van der Waals surface area contributed by atoms with Crippen LogP contribution in [0, 0.1) is 10.1 Å². The first-order valence-corrected chi connectivity index (χ1v) is 8.08. The normalized spacial score (nSPS) is 16.4. The Morgan fingerprint density at radius 2 is 1.67 bits per heavy atom. The van der Waals surface area contributed by atoms with Gasteiger partial charge in [0.05, 0.1) is 23.2 Å². The quantitative estimate of drug-likeness (QED) is 0.415. The minimum atomic E-state index is -0.736. The third kappa shape index (κ3) is 3.30. The number of piperazine rings is 1. The zero-order valence-corrected chi connectivity index (χ0v) is 14.4. The fourth-order valence-corrected chi connectivity index (χ4v) is 3.04. The number of hydrogen-bond donors (Lipinski definition) is 0. The van der Waals surface area contributed by atoms with Crippen LogP contribution in [0.1, 0.15) is 20.7 Å². The zero-order valence-electron chi connectivity index (χ0n) is 14.4. The molecular weight excluding hydrogens is 360 g/mol. The van der Waals surface area contributed by atoms with Crippen LogP contribution in [0.5, 0.6) is 0 Å². The maximum atomic E-state index is 12.5.